The Labute approximate surface area is 385 Å². The van der Waals surface area contributed by atoms with Crippen molar-refractivity contribution in [3.8, 4) is 33.6 Å². The Hall–Kier alpha value is -7.30. The summed E-state index contributed by atoms with van der Waals surface area (Å²) in [6.07, 6.45) is 0. The maximum absolute atomic E-state index is 2.76. The molecular formula is C62H50BN3. The second-order valence-corrected chi connectivity index (χ2v) is 21.4. The predicted octanol–water partition coefficient (Wildman–Crippen LogP) is 15.0. The fourth-order valence-corrected chi connectivity index (χ4v) is 12.5. The van der Waals surface area contributed by atoms with Gasteiger partial charge in [-0.05, 0) is 152 Å². The maximum Gasteiger partial charge on any atom is 0.333 e. The van der Waals surface area contributed by atoms with Crippen molar-refractivity contribution in [2.45, 2.75) is 66.2 Å². The predicted molar refractivity (Wildman–Crippen MR) is 284 cm³/mol. The molecule has 0 spiro atoms. The third-order valence-corrected chi connectivity index (χ3v) is 15.5. The summed E-state index contributed by atoms with van der Waals surface area (Å²) in [5.41, 5.74) is 23.4. The number of hydrogen-bond donors (Lipinski definition) is 0. The van der Waals surface area contributed by atoms with Crippen molar-refractivity contribution in [2.75, 3.05) is 0 Å². The normalized spacial score (nSPS) is 13.4. The van der Waals surface area contributed by atoms with E-state index in [2.05, 4.69) is 227 Å². The number of hydrogen-bond acceptors (Lipinski definition) is 0. The third-order valence-electron chi connectivity index (χ3n) is 15.5. The molecule has 0 amide bonds. The van der Waals surface area contributed by atoms with Crippen molar-refractivity contribution in [3.63, 3.8) is 0 Å². The van der Waals surface area contributed by atoms with Crippen LogP contribution < -0.4 is 10.9 Å². The van der Waals surface area contributed by atoms with Gasteiger partial charge < -0.3 is 13.6 Å². The number of benzene rings is 9. The summed E-state index contributed by atoms with van der Waals surface area (Å²) in [5.74, 6) is 0. The molecule has 5 heterocycles. The summed E-state index contributed by atoms with van der Waals surface area (Å²) in [6.45, 7) is 18.6. The molecule has 0 radical (unpaired) electrons. The van der Waals surface area contributed by atoms with E-state index in [1.807, 2.05) is 0 Å². The van der Waals surface area contributed by atoms with Gasteiger partial charge in [0.05, 0.1) is 22.1 Å². The van der Waals surface area contributed by atoms with Gasteiger partial charge in [0, 0.05) is 60.3 Å². The van der Waals surface area contributed by atoms with Gasteiger partial charge in [0.1, 0.15) is 0 Å². The lowest BCUT2D eigenvalue weighted by molar-refractivity contribution is 0.590. The van der Waals surface area contributed by atoms with E-state index in [-0.39, 0.29) is 17.7 Å². The molecule has 0 atom stereocenters. The number of para-hydroxylation sites is 2. The first-order valence-corrected chi connectivity index (χ1v) is 23.7. The average molecular weight is 848 g/mol. The molecule has 3 nitrogen and oxygen atoms in total. The monoisotopic (exact) mass is 847 g/mol. The van der Waals surface area contributed by atoms with E-state index in [1.165, 1.54) is 143 Å². The van der Waals surface area contributed by atoms with Crippen molar-refractivity contribution >= 4 is 94.0 Å². The molecule has 2 aliphatic heterocycles. The highest BCUT2D eigenvalue weighted by molar-refractivity contribution is 6.91. The van der Waals surface area contributed by atoms with Gasteiger partial charge in [-0.1, -0.05) is 133 Å². The molecular weight excluding hydrogens is 798 g/mol. The van der Waals surface area contributed by atoms with Crippen LogP contribution in [0.15, 0.2) is 158 Å². The van der Waals surface area contributed by atoms with Crippen molar-refractivity contribution in [3.05, 3.63) is 180 Å². The Morgan fingerprint density at radius 1 is 0.424 bits per heavy atom. The molecule has 0 fully saturated rings. The lowest BCUT2D eigenvalue weighted by Gasteiger charge is -2.35. The molecule has 14 rings (SSSR count). The Balaban J connectivity index is 1.24. The molecule has 0 saturated carbocycles. The number of aromatic nitrogens is 3. The molecule has 4 heteroatoms. The molecule has 0 bridgehead atoms. The standard InChI is InChI=1S/C62H50BN3/c1-35-17-16-18-36(2)55(35)37-25-27-51-47(29-37)57-43-23-13-12-22-42(43)56-48-32-39(62(6,7)8)31-46-44-30-38(61(3,4)5)26-28-52(44)66(59(46)48)63-49-34-53-45(33-54(49)65(51)60(57)58(56)63)41-21-14-15-24-50(41)64(53)40-19-10-9-11-20-40/h9-34H,1-8H3. The van der Waals surface area contributed by atoms with Crippen LogP contribution in [0, 0.1) is 13.8 Å². The first-order valence-electron chi connectivity index (χ1n) is 23.7. The van der Waals surface area contributed by atoms with Crippen LogP contribution in [-0.4, -0.2) is 20.5 Å². The van der Waals surface area contributed by atoms with E-state index in [1.54, 1.807) is 0 Å². The van der Waals surface area contributed by atoms with Gasteiger partial charge in [0.25, 0.3) is 0 Å². The summed E-state index contributed by atoms with van der Waals surface area (Å²) in [7, 11) is 0. The quantitative estimate of drug-likeness (QED) is 0.154. The minimum atomic E-state index is -0.0860. The van der Waals surface area contributed by atoms with E-state index in [0.717, 1.165) is 0 Å². The van der Waals surface area contributed by atoms with Crippen molar-refractivity contribution in [2.24, 2.45) is 0 Å². The SMILES string of the molecule is Cc1cccc(C)c1-c1ccc2c(c1)c1c3ccccc3c3c4c1n2-c1cc2c5ccccc5n(-c5ccccc5)c2cc1B4n1c2ccc(C(C)(C)C)cc2c2cc(C(C)(C)C)cc-3c21. The summed E-state index contributed by atoms with van der Waals surface area (Å²) in [4.78, 5) is 0. The van der Waals surface area contributed by atoms with Crippen molar-refractivity contribution in [1.82, 2.24) is 13.6 Å². The summed E-state index contributed by atoms with van der Waals surface area (Å²) >= 11 is 0. The van der Waals surface area contributed by atoms with Crippen LogP contribution in [0.25, 0.3) is 110 Å². The summed E-state index contributed by atoms with van der Waals surface area (Å²) in [6, 6.07) is 60.8. The van der Waals surface area contributed by atoms with Crippen LogP contribution in [-0.2, 0) is 10.8 Å². The molecule has 0 unspecified atom stereocenters. The minimum absolute atomic E-state index is 0.00308. The lowest BCUT2D eigenvalue weighted by Crippen LogP contribution is -2.55. The molecule has 316 valence electrons. The van der Waals surface area contributed by atoms with E-state index in [0.29, 0.717) is 0 Å². The van der Waals surface area contributed by atoms with E-state index in [9.17, 15) is 0 Å². The van der Waals surface area contributed by atoms with Crippen molar-refractivity contribution < 1.29 is 0 Å². The number of nitrogens with zero attached hydrogens (tertiary/aromatic N) is 3. The molecule has 0 saturated heterocycles. The fourth-order valence-electron chi connectivity index (χ4n) is 12.5. The van der Waals surface area contributed by atoms with E-state index >= 15 is 0 Å². The smallest absolute Gasteiger partial charge is 0.333 e. The Morgan fingerprint density at radius 3 is 1.83 bits per heavy atom. The van der Waals surface area contributed by atoms with Gasteiger partial charge in [-0.3, -0.25) is 0 Å². The van der Waals surface area contributed by atoms with Gasteiger partial charge in [0.15, 0.2) is 0 Å². The molecule has 12 aromatic rings. The van der Waals surface area contributed by atoms with E-state index < -0.39 is 0 Å². The fraction of sp³-hybridized carbons (Fsp3) is 0.161. The number of rotatable bonds is 2. The zero-order valence-corrected chi connectivity index (χ0v) is 38.9. The average Bonchev–Trinajstić information content (AvgIpc) is 3.94. The van der Waals surface area contributed by atoms with Crippen LogP contribution in [0.2, 0.25) is 0 Å². The third kappa shape index (κ3) is 4.84. The largest absolute Gasteiger partial charge is 0.375 e. The second-order valence-electron chi connectivity index (χ2n) is 21.4. The van der Waals surface area contributed by atoms with Crippen LogP contribution in [0.5, 0.6) is 0 Å². The Bertz CT molecular complexity index is 4120. The van der Waals surface area contributed by atoms with E-state index in [4.69, 9.17) is 0 Å². The molecule has 0 aliphatic carbocycles. The van der Waals surface area contributed by atoms with Gasteiger partial charge in [-0.2, -0.15) is 0 Å². The highest BCUT2D eigenvalue weighted by atomic mass is 15.0. The lowest BCUT2D eigenvalue weighted by atomic mass is 9.45. The zero-order valence-electron chi connectivity index (χ0n) is 38.9. The number of fused-ring (bicyclic) bond motifs is 17. The van der Waals surface area contributed by atoms with Gasteiger partial charge in [-0.15, -0.1) is 0 Å². The highest BCUT2D eigenvalue weighted by Gasteiger charge is 2.44. The first-order chi connectivity index (χ1) is 31.9. The zero-order chi connectivity index (χ0) is 44.7. The van der Waals surface area contributed by atoms with Crippen LogP contribution in [0.1, 0.15) is 63.8 Å². The number of aryl methyl sites for hydroxylation is 2. The highest BCUT2D eigenvalue weighted by Crippen LogP contribution is 2.50. The summed E-state index contributed by atoms with van der Waals surface area (Å²) in [5, 5.41) is 10.5. The van der Waals surface area contributed by atoms with Crippen LogP contribution >= 0.6 is 0 Å². The Kier molecular flexibility index (Phi) is 7.34. The van der Waals surface area contributed by atoms with Crippen LogP contribution in [0.3, 0.4) is 0 Å². The van der Waals surface area contributed by atoms with Gasteiger partial charge >= 0.3 is 6.85 Å². The second kappa shape index (κ2) is 12.7. The van der Waals surface area contributed by atoms with Crippen molar-refractivity contribution in [1.29, 1.82) is 0 Å². The molecule has 2 aliphatic rings. The molecule has 66 heavy (non-hydrogen) atoms. The first kappa shape index (κ1) is 38.0. The summed E-state index contributed by atoms with van der Waals surface area (Å²) < 4.78 is 7.93. The van der Waals surface area contributed by atoms with Crippen LogP contribution in [0.4, 0.5) is 0 Å². The molecule has 0 N–H and O–H groups in total. The molecule has 9 aromatic carbocycles. The maximum atomic E-state index is 2.76. The Morgan fingerprint density at radius 2 is 1.08 bits per heavy atom. The van der Waals surface area contributed by atoms with Gasteiger partial charge in [-0.25, -0.2) is 0 Å². The minimum Gasteiger partial charge on any atom is -0.375 e. The van der Waals surface area contributed by atoms with Gasteiger partial charge in [0.2, 0.25) is 0 Å². The molecule has 3 aromatic heterocycles. The topological polar surface area (TPSA) is 14.8 Å².